The summed E-state index contributed by atoms with van der Waals surface area (Å²) in [6.07, 6.45) is 2.19. The molecule has 74 valence electrons. The van der Waals surface area contributed by atoms with Gasteiger partial charge in [0.25, 0.3) is 0 Å². The lowest BCUT2D eigenvalue weighted by atomic mass is 9.97. The Morgan fingerprint density at radius 2 is 2.21 bits per heavy atom. The third-order valence-electron chi connectivity index (χ3n) is 2.77. The van der Waals surface area contributed by atoms with Gasteiger partial charge < -0.3 is 10.8 Å². The Balaban J connectivity index is 2.24. The molecule has 1 aliphatic carbocycles. The highest BCUT2D eigenvalue weighted by Gasteiger charge is 2.23. The maximum absolute atomic E-state index is 11.1. The molecule has 0 aromatic heterocycles. The van der Waals surface area contributed by atoms with Crippen LogP contribution < -0.4 is 5.73 Å². The van der Waals surface area contributed by atoms with E-state index in [1.54, 1.807) is 12.1 Å². The number of anilines is 1. The summed E-state index contributed by atoms with van der Waals surface area (Å²) in [6, 6.07) is 5.20. The van der Waals surface area contributed by atoms with Gasteiger partial charge in [0.15, 0.2) is 0 Å². The number of nitrogens with two attached hydrogens (primary N) is 1. The van der Waals surface area contributed by atoms with E-state index in [9.17, 15) is 9.90 Å². The number of Topliss-reactive ketones (excluding diaryl/α,β-unsaturated/α-hetero) is 1. The van der Waals surface area contributed by atoms with Gasteiger partial charge in [-0.3, -0.25) is 4.79 Å². The fourth-order valence-corrected chi connectivity index (χ4v) is 1.93. The molecule has 3 heteroatoms. The first kappa shape index (κ1) is 9.06. The van der Waals surface area contributed by atoms with Crippen molar-refractivity contribution in [3.8, 4) is 5.75 Å². The number of benzene rings is 1. The van der Waals surface area contributed by atoms with Gasteiger partial charge in [0.1, 0.15) is 11.5 Å². The topological polar surface area (TPSA) is 63.3 Å². The summed E-state index contributed by atoms with van der Waals surface area (Å²) in [6.45, 7) is 0. The van der Waals surface area contributed by atoms with Gasteiger partial charge in [0, 0.05) is 12.8 Å². The van der Waals surface area contributed by atoms with E-state index in [1.807, 2.05) is 6.07 Å². The van der Waals surface area contributed by atoms with Crippen molar-refractivity contribution in [1.29, 1.82) is 0 Å². The zero-order chi connectivity index (χ0) is 10.1. The van der Waals surface area contributed by atoms with Gasteiger partial charge in [-0.1, -0.05) is 6.07 Å². The highest BCUT2D eigenvalue weighted by Crippen LogP contribution is 2.34. The molecule has 14 heavy (non-hydrogen) atoms. The van der Waals surface area contributed by atoms with Crippen LogP contribution in [0.5, 0.6) is 5.75 Å². The van der Waals surface area contributed by atoms with E-state index in [1.165, 1.54) is 0 Å². The lowest BCUT2D eigenvalue weighted by Crippen LogP contribution is -1.96. The Labute approximate surface area is 82.5 Å². The fraction of sp³-hybridized carbons (Fsp3) is 0.364. The summed E-state index contributed by atoms with van der Waals surface area (Å²) >= 11 is 0. The zero-order valence-electron chi connectivity index (χ0n) is 7.86. The first-order chi connectivity index (χ1) is 6.66. The molecule has 0 bridgehead atoms. The molecule has 0 heterocycles. The van der Waals surface area contributed by atoms with Crippen LogP contribution in [0, 0.1) is 0 Å². The van der Waals surface area contributed by atoms with Crippen LogP contribution in [0.2, 0.25) is 0 Å². The van der Waals surface area contributed by atoms with Crippen molar-refractivity contribution in [3.63, 3.8) is 0 Å². The summed E-state index contributed by atoms with van der Waals surface area (Å²) in [4.78, 5) is 11.1. The molecule has 0 saturated heterocycles. The van der Waals surface area contributed by atoms with Gasteiger partial charge in [-0.25, -0.2) is 0 Å². The van der Waals surface area contributed by atoms with Crippen molar-refractivity contribution >= 4 is 11.5 Å². The molecule has 1 saturated carbocycles. The average molecular weight is 191 g/mol. The molecule has 1 fully saturated rings. The number of aromatic hydroxyl groups is 1. The number of rotatable bonds is 1. The van der Waals surface area contributed by atoms with Crippen molar-refractivity contribution in [2.24, 2.45) is 0 Å². The SMILES string of the molecule is Nc1cc(C2CCC(=O)C2)ccc1O. The molecule has 3 nitrogen and oxygen atoms in total. The van der Waals surface area contributed by atoms with E-state index < -0.39 is 0 Å². The minimum Gasteiger partial charge on any atom is -0.506 e. The van der Waals surface area contributed by atoms with Crippen molar-refractivity contribution in [2.45, 2.75) is 25.2 Å². The van der Waals surface area contributed by atoms with Crippen molar-refractivity contribution in [1.82, 2.24) is 0 Å². The number of nitrogen functional groups attached to an aromatic ring is 1. The number of carbonyl (C=O) groups is 1. The van der Waals surface area contributed by atoms with Gasteiger partial charge in [-0.05, 0) is 30.0 Å². The summed E-state index contributed by atoms with van der Waals surface area (Å²) in [5.41, 5.74) is 7.04. The number of hydrogen-bond donors (Lipinski definition) is 2. The van der Waals surface area contributed by atoms with Crippen molar-refractivity contribution in [3.05, 3.63) is 23.8 Å². The van der Waals surface area contributed by atoms with E-state index in [2.05, 4.69) is 0 Å². The second-order valence-corrected chi connectivity index (χ2v) is 3.80. The van der Waals surface area contributed by atoms with Crippen LogP contribution >= 0.6 is 0 Å². The Morgan fingerprint density at radius 1 is 1.43 bits per heavy atom. The molecular formula is C11H13NO2. The Kier molecular flexibility index (Phi) is 2.15. The Bertz CT molecular complexity index is 374. The van der Waals surface area contributed by atoms with Gasteiger partial charge in [0.05, 0.1) is 5.69 Å². The third-order valence-corrected chi connectivity index (χ3v) is 2.77. The maximum Gasteiger partial charge on any atom is 0.138 e. The van der Waals surface area contributed by atoms with E-state index in [-0.39, 0.29) is 5.75 Å². The van der Waals surface area contributed by atoms with E-state index in [4.69, 9.17) is 5.73 Å². The molecule has 0 radical (unpaired) electrons. The monoisotopic (exact) mass is 191 g/mol. The first-order valence-electron chi connectivity index (χ1n) is 4.77. The minimum atomic E-state index is 0.109. The molecular weight excluding hydrogens is 178 g/mol. The summed E-state index contributed by atoms with van der Waals surface area (Å²) in [7, 11) is 0. The van der Waals surface area contributed by atoms with E-state index >= 15 is 0 Å². The molecule has 1 aliphatic rings. The predicted octanol–water partition coefficient (Wildman–Crippen LogP) is 1.81. The van der Waals surface area contributed by atoms with Gasteiger partial charge >= 0.3 is 0 Å². The van der Waals surface area contributed by atoms with Crippen LogP contribution in [-0.2, 0) is 4.79 Å². The smallest absolute Gasteiger partial charge is 0.138 e. The van der Waals surface area contributed by atoms with Gasteiger partial charge in [-0.15, -0.1) is 0 Å². The molecule has 1 aromatic rings. The number of phenolic OH excluding ortho intramolecular Hbond substituents is 1. The largest absolute Gasteiger partial charge is 0.506 e. The second kappa shape index (κ2) is 3.33. The standard InChI is InChI=1S/C11H13NO2/c12-10-6-8(2-4-11(10)14)7-1-3-9(13)5-7/h2,4,6-7,14H,1,3,5,12H2. The molecule has 0 amide bonds. The van der Waals surface area contributed by atoms with Crippen LogP contribution in [0.25, 0.3) is 0 Å². The normalized spacial score (nSPS) is 21.4. The molecule has 3 N–H and O–H groups in total. The zero-order valence-corrected chi connectivity index (χ0v) is 7.86. The minimum absolute atomic E-state index is 0.109. The molecule has 1 atom stereocenters. The number of ketones is 1. The van der Waals surface area contributed by atoms with Crippen LogP contribution in [0.1, 0.15) is 30.7 Å². The lowest BCUT2D eigenvalue weighted by molar-refractivity contribution is -0.117. The maximum atomic E-state index is 11.1. The summed E-state index contributed by atoms with van der Waals surface area (Å²) < 4.78 is 0. The van der Waals surface area contributed by atoms with E-state index in [0.29, 0.717) is 30.2 Å². The molecule has 1 unspecified atom stereocenters. The number of hydrogen-bond acceptors (Lipinski definition) is 3. The summed E-state index contributed by atoms with van der Waals surface area (Å²) in [5.74, 6) is 0.727. The predicted molar refractivity (Wildman–Crippen MR) is 54.1 cm³/mol. The number of phenols is 1. The molecule has 0 aliphatic heterocycles. The molecule has 1 aromatic carbocycles. The third kappa shape index (κ3) is 1.58. The van der Waals surface area contributed by atoms with Crippen LogP contribution in [0.3, 0.4) is 0 Å². The van der Waals surface area contributed by atoms with Crippen LogP contribution in [-0.4, -0.2) is 10.9 Å². The van der Waals surface area contributed by atoms with Crippen molar-refractivity contribution in [2.75, 3.05) is 5.73 Å². The average Bonchev–Trinajstić information content (AvgIpc) is 2.57. The van der Waals surface area contributed by atoms with E-state index in [0.717, 1.165) is 12.0 Å². The van der Waals surface area contributed by atoms with Gasteiger partial charge in [-0.2, -0.15) is 0 Å². The molecule has 2 rings (SSSR count). The Hall–Kier alpha value is -1.51. The second-order valence-electron chi connectivity index (χ2n) is 3.80. The van der Waals surface area contributed by atoms with Gasteiger partial charge in [0.2, 0.25) is 0 Å². The lowest BCUT2D eigenvalue weighted by Gasteiger charge is -2.09. The summed E-state index contributed by atoms with van der Waals surface area (Å²) in [5, 5.41) is 9.25. The fourth-order valence-electron chi connectivity index (χ4n) is 1.93. The first-order valence-corrected chi connectivity index (χ1v) is 4.77. The number of carbonyl (C=O) groups excluding carboxylic acids is 1. The molecule has 0 spiro atoms. The van der Waals surface area contributed by atoms with Crippen LogP contribution in [0.15, 0.2) is 18.2 Å². The van der Waals surface area contributed by atoms with Crippen molar-refractivity contribution < 1.29 is 9.90 Å². The van der Waals surface area contributed by atoms with Crippen LogP contribution in [0.4, 0.5) is 5.69 Å². The quantitative estimate of drug-likeness (QED) is 0.525. The highest BCUT2D eigenvalue weighted by atomic mass is 16.3. The Morgan fingerprint density at radius 3 is 2.79 bits per heavy atom. The highest BCUT2D eigenvalue weighted by molar-refractivity contribution is 5.81.